The van der Waals surface area contributed by atoms with E-state index in [1.807, 2.05) is 10.6 Å². The fourth-order valence-electron chi connectivity index (χ4n) is 4.70. The molecule has 2 fully saturated rings. The van der Waals surface area contributed by atoms with Crippen LogP contribution in [-0.2, 0) is 0 Å². The summed E-state index contributed by atoms with van der Waals surface area (Å²) in [6.07, 6.45) is 8.93. The first kappa shape index (κ1) is 22.6. The van der Waals surface area contributed by atoms with Crippen LogP contribution in [0.2, 0.25) is 0 Å². The number of benzene rings is 1. The van der Waals surface area contributed by atoms with Crippen LogP contribution in [0.3, 0.4) is 0 Å². The Balaban J connectivity index is 1.54. The van der Waals surface area contributed by atoms with Crippen LogP contribution in [0.25, 0.3) is 16.9 Å². The quantitative estimate of drug-likeness (QED) is 0.310. The number of hydrogen-bond acceptors (Lipinski definition) is 5. The molecule has 1 aromatic carbocycles. The third-order valence-corrected chi connectivity index (χ3v) is 6.76. The van der Waals surface area contributed by atoms with Gasteiger partial charge >= 0.3 is 0 Å². The fraction of sp³-hybridized carbons (Fsp3) is 0.407. The number of ketones is 1. The van der Waals surface area contributed by atoms with Crippen molar-refractivity contribution in [1.29, 1.82) is 0 Å². The third kappa shape index (κ3) is 4.57. The Morgan fingerprint density at radius 2 is 2.15 bits per heavy atom. The van der Waals surface area contributed by atoms with Crippen LogP contribution in [0.4, 0.5) is 4.39 Å². The molecule has 178 valence electrons. The van der Waals surface area contributed by atoms with Gasteiger partial charge in [0.25, 0.3) is 6.36 Å². The molecule has 2 atom stereocenters. The van der Waals surface area contributed by atoms with Crippen LogP contribution in [0.5, 0.6) is 11.5 Å². The van der Waals surface area contributed by atoms with Gasteiger partial charge in [0.05, 0.1) is 19.0 Å². The molecule has 0 amide bonds. The lowest BCUT2D eigenvalue weighted by Crippen LogP contribution is -2.13. The number of rotatable bonds is 10. The summed E-state index contributed by atoms with van der Waals surface area (Å²) < 4.78 is 27.3. The van der Waals surface area contributed by atoms with Crippen LogP contribution in [-0.4, -0.2) is 35.2 Å². The van der Waals surface area contributed by atoms with Gasteiger partial charge in [0.2, 0.25) is 0 Å². The summed E-state index contributed by atoms with van der Waals surface area (Å²) >= 11 is 0. The van der Waals surface area contributed by atoms with Crippen molar-refractivity contribution in [1.82, 2.24) is 14.7 Å². The maximum absolute atomic E-state index is 14.2. The Kier molecular flexibility index (Phi) is 6.37. The van der Waals surface area contributed by atoms with Crippen molar-refractivity contribution in [3.05, 3.63) is 60.4 Å². The SMILES string of the molecule is C=CC(F)Oc1cc(-c2cnc3cc(C4CCCN4)ccn23)cc(OC)c1C(=O)CCC1CC1. The summed E-state index contributed by atoms with van der Waals surface area (Å²) in [6.45, 7) is 4.49. The first-order chi connectivity index (χ1) is 16.6. The Hall–Kier alpha value is -3.19. The maximum Gasteiger partial charge on any atom is 0.257 e. The first-order valence-electron chi connectivity index (χ1n) is 12.0. The summed E-state index contributed by atoms with van der Waals surface area (Å²) in [4.78, 5) is 17.7. The number of alkyl halides is 1. The topological polar surface area (TPSA) is 64.9 Å². The van der Waals surface area contributed by atoms with E-state index in [1.54, 1.807) is 18.3 Å². The number of fused-ring (bicyclic) bond motifs is 1. The van der Waals surface area contributed by atoms with Crippen LogP contribution < -0.4 is 14.8 Å². The van der Waals surface area contributed by atoms with Gasteiger partial charge in [-0.25, -0.2) is 4.98 Å². The molecule has 1 aliphatic heterocycles. The van der Waals surface area contributed by atoms with E-state index in [-0.39, 0.29) is 17.1 Å². The molecule has 6 nitrogen and oxygen atoms in total. The highest BCUT2D eigenvalue weighted by atomic mass is 19.1. The number of hydrogen-bond donors (Lipinski definition) is 1. The van der Waals surface area contributed by atoms with Gasteiger partial charge in [-0.05, 0) is 67.6 Å². The van der Waals surface area contributed by atoms with Crippen LogP contribution in [0, 0.1) is 5.92 Å². The molecule has 2 aromatic heterocycles. The number of imidazole rings is 1. The molecule has 1 saturated carbocycles. The van der Waals surface area contributed by atoms with E-state index in [2.05, 4.69) is 29.0 Å². The molecule has 1 aliphatic carbocycles. The van der Waals surface area contributed by atoms with E-state index >= 15 is 0 Å². The van der Waals surface area contributed by atoms with E-state index in [0.29, 0.717) is 24.1 Å². The third-order valence-electron chi connectivity index (χ3n) is 6.76. The first-order valence-corrected chi connectivity index (χ1v) is 12.0. The Bertz CT molecular complexity index is 1210. The number of nitrogens with zero attached hydrogens (tertiary/aromatic N) is 2. The van der Waals surface area contributed by atoms with Crippen molar-refractivity contribution >= 4 is 11.4 Å². The number of carbonyl (C=O) groups is 1. The highest BCUT2D eigenvalue weighted by Gasteiger charge is 2.27. The van der Waals surface area contributed by atoms with Crippen molar-refractivity contribution in [3.8, 4) is 22.8 Å². The maximum atomic E-state index is 14.2. The normalized spacial score (nSPS) is 18.7. The largest absolute Gasteiger partial charge is 0.496 e. The van der Waals surface area contributed by atoms with Gasteiger partial charge in [-0.15, -0.1) is 0 Å². The number of carbonyl (C=O) groups excluding carboxylic acids is 1. The smallest absolute Gasteiger partial charge is 0.257 e. The highest BCUT2D eigenvalue weighted by molar-refractivity contribution is 6.02. The predicted octanol–water partition coefficient (Wildman–Crippen LogP) is 5.67. The van der Waals surface area contributed by atoms with Gasteiger partial charge in [-0.1, -0.05) is 19.4 Å². The van der Waals surface area contributed by atoms with Gasteiger partial charge in [0.15, 0.2) is 5.78 Å². The average Bonchev–Trinajstić information content (AvgIpc) is 3.33. The summed E-state index contributed by atoms with van der Waals surface area (Å²) in [6, 6.07) is 8.03. The minimum absolute atomic E-state index is 0.103. The molecule has 1 saturated heterocycles. The summed E-state index contributed by atoms with van der Waals surface area (Å²) in [7, 11) is 1.51. The van der Waals surface area contributed by atoms with Gasteiger partial charge in [-0.2, -0.15) is 4.39 Å². The second-order valence-corrected chi connectivity index (χ2v) is 9.14. The Morgan fingerprint density at radius 3 is 2.85 bits per heavy atom. The molecule has 0 spiro atoms. The van der Waals surface area contributed by atoms with Crippen LogP contribution >= 0.6 is 0 Å². The van der Waals surface area contributed by atoms with E-state index in [1.165, 1.54) is 31.9 Å². The number of methoxy groups -OCH3 is 1. The standard InChI is InChI=1S/C27H30FN3O3/c1-3-25(28)34-24-14-19(13-23(33-2)27(24)22(32)9-8-17-6-7-17)21-16-30-26-15-18(10-12-31(21)26)20-5-4-11-29-20/h3,10,12-17,20,25,29H,1,4-9,11H2,2H3. The molecule has 2 aliphatic rings. The van der Waals surface area contributed by atoms with E-state index in [9.17, 15) is 9.18 Å². The molecule has 34 heavy (non-hydrogen) atoms. The summed E-state index contributed by atoms with van der Waals surface area (Å²) in [5.74, 6) is 1.03. The number of aromatic nitrogens is 2. The van der Waals surface area contributed by atoms with Crippen molar-refractivity contribution in [2.75, 3.05) is 13.7 Å². The number of ether oxygens (including phenoxy) is 2. The number of halogens is 1. The van der Waals surface area contributed by atoms with Crippen LogP contribution in [0.15, 0.2) is 49.3 Å². The second-order valence-electron chi connectivity index (χ2n) is 9.14. The summed E-state index contributed by atoms with van der Waals surface area (Å²) in [5, 5.41) is 3.51. The zero-order valence-electron chi connectivity index (χ0n) is 19.4. The molecular weight excluding hydrogens is 433 g/mol. The zero-order chi connectivity index (χ0) is 23.7. The monoisotopic (exact) mass is 463 g/mol. The Morgan fingerprint density at radius 1 is 1.32 bits per heavy atom. The molecule has 3 heterocycles. The second kappa shape index (κ2) is 9.58. The van der Waals surface area contributed by atoms with Crippen molar-refractivity contribution in [2.24, 2.45) is 5.92 Å². The number of pyridine rings is 1. The molecule has 5 rings (SSSR count). The van der Waals surface area contributed by atoms with Crippen molar-refractivity contribution in [2.45, 2.75) is 50.9 Å². The lowest BCUT2D eigenvalue weighted by atomic mass is 9.99. The highest BCUT2D eigenvalue weighted by Crippen LogP contribution is 2.39. The fourth-order valence-corrected chi connectivity index (χ4v) is 4.70. The van der Waals surface area contributed by atoms with Gasteiger partial charge in [0.1, 0.15) is 22.7 Å². The lowest BCUT2D eigenvalue weighted by molar-refractivity contribution is 0.0940. The van der Waals surface area contributed by atoms with E-state index in [0.717, 1.165) is 42.4 Å². The van der Waals surface area contributed by atoms with Gasteiger partial charge < -0.3 is 14.8 Å². The predicted molar refractivity (Wildman–Crippen MR) is 129 cm³/mol. The molecule has 7 heteroatoms. The molecule has 3 aromatic rings. The minimum atomic E-state index is -1.74. The Labute approximate surface area is 198 Å². The van der Waals surface area contributed by atoms with E-state index in [4.69, 9.17) is 9.47 Å². The molecule has 0 radical (unpaired) electrons. The average molecular weight is 464 g/mol. The summed E-state index contributed by atoms with van der Waals surface area (Å²) in [5.41, 5.74) is 3.84. The van der Waals surface area contributed by atoms with Crippen molar-refractivity contribution < 1.29 is 18.7 Å². The molecule has 0 bridgehead atoms. The van der Waals surface area contributed by atoms with Gasteiger partial charge in [0, 0.05) is 24.2 Å². The zero-order valence-corrected chi connectivity index (χ0v) is 19.4. The van der Waals surface area contributed by atoms with Crippen LogP contribution in [0.1, 0.15) is 60.5 Å². The molecular formula is C27H30FN3O3. The minimum Gasteiger partial charge on any atom is -0.496 e. The van der Waals surface area contributed by atoms with E-state index < -0.39 is 6.36 Å². The molecule has 2 unspecified atom stereocenters. The van der Waals surface area contributed by atoms with Crippen molar-refractivity contribution in [3.63, 3.8) is 0 Å². The molecule has 1 N–H and O–H groups in total. The van der Waals surface area contributed by atoms with Gasteiger partial charge in [-0.3, -0.25) is 9.20 Å². The number of Topliss-reactive ketones (excluding diaryl/α,β-unsaturated/α-hetero) is 1. The lowest BCUT2D eigenvalue weighted by Gasteiger charge is -2.17. The number of nitrogens with one attached hydrogen (secondary N) is 1.